The second-order valence-electron chi connectivity index (χ2n) is 7.34. The molecule has 11 heteroatoms. The molecule has 0 spiro atoms. The minimum atomic E-state index is -1.16. The number of aromatic amines is 1. The minimum Gasteiger partial charge on any atom is -0.481 e. The summed E-state index contributed by atoms with van der Waals surface area (Å²) in [6.45, 7) is 0. The molecule has 1 aromatic heterocycles. The predicted octanol–water partition coefficient (Wildman–Crippen LogP) is 0.710. The normalized spacial score (nSPS) is 13.8. The number of benzene rings is 1. The number of carboxylic acid groups (broad SMARTS) is 2. The summed E-state index contributed by atoms with van der Waals surface area (Å²) in [6, 6.07) is 4.15. The van der Waals surface area contributed by atoms with Gasteiger partial charge in [0.15, 0.2) is 0 Å². The molecule has 32 heavy (non-hydrogen) atoms. The highest BCUT2D eigenvalue weighted by Crippen LogP contribution is 2.19. The van der Waals surface area contributed by atoms with Crippen molar-refractivity contribution in [2.45, 2.75) is 43.8 Å². The van der Waals surface area contributed by atoms with E-state index in [1.165, 1.54) is 11.8 Å². The Hall–Kier alpha value is -3.05. The van der Waals surface area contributed by atoms with E-state index in [1.54, 1.807) is 6.20 Å². The number of carboxylic acids is 2. The predicted molar refractivity (Wildman–Crippen MR) is 121 cm³/mol. The number of rotatable bonds is 13. The van der Waals surface area contributed by atoms with Gasteiger partial charge < -0.3 is 31.6 Å². The number of carbonyl (C=O) groups is 4. The summed E-state index contributed by atoms with van der Waals surface area (Å²) < 4.78 is 0. The first-order chi connectivity index (χ1) is 15.2. The lowest BCUT2D eigenvalue weighted by Crippen LogP contribution is -2.55. The van der Waals surface area contributed by atoms with Gasteiger partial charge in [0.25, 0.3) is 0 Å². The number of aliphatic carboxylic acids is 2. The molecule has 3 atom stereocenters. The molecule has 2 amide bonds. The van der Waals surface area contributed by atoms with E-state index in [0.29, 0.717) is 5.75 Å². The van der Waals surface area contributed by atoms with E-state index in [9.17, 15) is 24.3 Å². The number of aromatic nitrogens is 1. The zero-order valence-corrected chi connectivity index (χ0v) is 18.5. The van der Waals surface area contributed by atoms with Crippen molar-refractivity contribution in [2.24, 2.45) is 5.73 Å². The molecule has 10 nitrogen and oxygen atoms in total. The van der Waals surface area contributed by atoms with Gasteiger partial charge in [-0.25, -0.2) is 4.79 Å². The smallest absolute Gasteiger partial charge is 0.326 e. The van der Waals surface area contributed by atoms with Crippen molar-refractivity contribution in [3.05, 3.63) is 36.0 Å². The maximum absolute atomic E-state index is 13.0. The molecule has 1 heterocycles. The Morgan fingerprint density at radius 3 is 2.41 bits per heavy atom. The Balaban J connectivity index is 2.20. The molecule has 0 saturated heterocycles. The summed E-state index contributed by atoms with van der Waals surface area (Å²) in [5.41, 5.74) is 7.40. The third-order valence-corrected chi connectivity index (χ3v) is 5.61. The average molecular weight is 465 g/mol. The molecule has 0 fully saturated rings. The van der Waals surface area contributed by atoms with Crippen molar-refractivity contribution in [3.63, 3.8) is 0 Å². The van der Waals surface area contributed by atoms with E-state index in [-0.39, 0.29) is 25.7 Å². The summed E-state index contributed by atoms with van der Waals surface area (Å²) in [7, 11) is 0. The summed E-state index contributed by atoms with van der Waals surface area (Å²) in [5.74, 6) is -3.04. The van der Waals surface area contributed by atoms with Crippen LogP contribution >= 0.6 is 11.8 Å². The molecule has 0 aliphatic carbocycles. The van der Waals surface area contributed by atoms with Crippen molar-refractivity contribution in [2.75, 3.05) is 12.0 Å². The van der Waals surface area contributed by atoms with Crippen molar-refractivity contribution in [1.82, 2.24) is 15.6 Å². The third kappa shape index (κ3) is 7.27. The van der Waals surface area contributed by atoms with Gasteiger partial charge in [-0.1, -0.05) is 18.2 Å². The Bertz CT molecular complexity index is 963. The third-order valence-electron chi connectivity index (χ3n) is 4.96. The summed E-state index contributed by atoms with van der Waals surface area (Å²) in [4.78, 5) is 50.9. The molecule has 7 N–H and O–H groups in total. The summed E-state index contributed by atoms with van der Waals surface area (Å²) in [5, 5.41) is 24.1. The number of amides is 2. The number of hydrogen-bond acceptors (Lipinski definition) is 6. The van der Waals surface area contributed by atoms with Crippen molar-refractivity contribution in [3.8, 4) is 0 Å². The molecule has 0 saturated carbocycles. The molecule has 0 aliphatic rings. The highest BCUT2D eigenvalue weighted by Gasteiger charge is 2.28. The number of nitrogens with one attached hydrogen (secondary N) is 3. The van der Waals surface area contributed by atoms with Crippen LogP contribution in [0.4, 0.5) is 0 Å². The lowest BCUT2D eigenvalue weighted by molar-refractivity contribution is -0.142. The van der Waals surface area contributed by atoms with E-state index in [2.05, 4.69) is 15.6 Å². The van der Waals surface area contributed by atoms with Crippen LogP contribution < -0.4 is 16.4 Å². The maximum atomic E-state index is 13.0. The molecule has 2 aromatic rings. The molecular weight excluding hydrogens is 436 g/mol. The van der Waals surface area contributed by atoms with E-state index in [4.69, 9.17) is 10.8 Å². The van der Waals surface area contributed by atoms with Gasteiger partial charge in [0.2, 0.25) is 11.8 Å². The highest BCUT2D eigenvalue weighted by molar-refractivity contribution is 7.98. The minimum absolute atomic E-state index is 0.0892. The van der Waals surface area contributed by atoms with Crippen LogP contribution in [0.5, 0.6) is 0 Å². The Morgan fingerprint density at radius 2 is 1.75 bits per heavy atom. The number of nitrogens with two attached hydrogens (primary N) is 1. The summed E-state index contributed by atoms with van der Waals surface area (Å²) >= 11 is 1.46. The van der Waals surface area contributed by atoms with Crippen molar-refractivity contribution >= 4 is 46.4 Å². The van der Waals surface area contributed by atoms with Gasteiger partial charge in [-0.05, 0) is 36.5 Å². The lowest BCUT2D eigenvalue weighted by Gasteiger charge is -2.23. The van der Waals surface area contributed by atoms with Gasteiger partial charge in [-0.3, -0.25) is 14.4 Å². The van der Waals surface area contributed by atoms with Crippen LogP contribution in [0, 0.1) is 0 Å². The fraction of sp³-hybridized carbons (Fsp3) is 0.429. The van der Waals surface area contributed by atoms with E-state index < -0.39 is 41.9 Å². The SMILES string of the molecule is CSCC[C@H](NC(=O)[C@H](Cc1c[nH]c2ccccc12)NC(=O)[C@@H](N)CCC(=O)O)C(=O)O. The van der Waals surface area contributed by atoms with E-state index in [0.717, 1.165) is 16.5 Å². The van der Waals surface area contributed by atoms with Crippen molar-refractivity contribution in [1.29, 1.82) is 0 Å². The zero-order valence-electron chi connectivity index (χ0n) is 17.7. The Labute approximate surface area is 189 Å². The molecule has 0 aliphatic heterocycles. The van der Waals surface area contributed by atoms with Gasteiger partial charge in [-0.2, -0.15) is 11.8 Å². The number of hydrogen-bond donors (Lipinski definition) is 6. The van der Waals surface area contributed by atoms with Crippen LogP contribution in [-0.4, -0.2) is 69.1 Å². The van der Waals surface area contributed by atoms with Crippen LogP contribution in [0.1, 0.15) is 24.8 Å². The van der Waals surface area contributed by atoms with Gasteiger partial charge in [0.1, 0.15) is 12.1 Å². The van der Waals surface area contributed by atoms with E-state index in [1.807, 2.05) is 30.5 Å². The number of para-hydroxylation sites is 1. The first kappa shape index (κ1) is 25.2. The zero-order chi connectivity index (χ0) is 23.7. The van der Waals surface area contributed by atoms with Gasteiger partial charge in [0.05, 0.1) is 6.04 Å². The molecule has 174 valence electrons. The fourth-order valence-electron chi connectivity index (χ4n) is 3.18. The molecule has 0 bridgehead atoms. The van der Waals surface area contributed by atoms with Crippen LogP contribution in [-0.2, 0) is 25.6 Å². The standard InChI is InChI=1S/C21H28N4O6S/c1-32-9-8-16(21(30)31)24-20(29)17(25-19(28)14(22)6-7-18(26)27)10-12-11-23-15-5-3-2-4-13(12)15/h2-5,11,14,16-17,23H,6-10,22H2,1H3,(H,24,29)(H,25,28)(H,26,27)(H,30,31)/t14-,16-,17-/m0/s1. The highest BCUT2D eigenvalue weighted by atomic mass is 32.2. The quantitative estimate of drug-likeness (QED) is 0.251. The monoisotopic (exact) mass is 464 g/mol. The van der Waals surface area contributed by atoms with E-state index >= 15 is 0 Å². The second kappa shape index (κ2) is 12.1. The molecule has 2 rings (SSSR count). The maximum Gasteiger partial charge on any atom is 0.326 e. The number of thioether (sulfide) groups is 1. The molecule has 1 aromatic carbocycles. The molecule has 0 unspecified atom stereocenters. The van der Waals surface area contributed by atoms with Gasteiger partial charge in [-0.15, -0.1) is 0 Å². The second-order valence-corrected chi connectivity index (χ2v) is 8.33. The first-order valence-corrected chi connectivity index (χ1v) is 11.5. The van der Waals surface area contributed by atoms with Gasteiger partial charge >= 0.3 is 11.9 Å². The Kier molecular flexibility index (Phi) is 9.54. The van der Waals surface area contributed by atoms with Crippen molar-refractivity contribution < 1.29 is 29.4 Å². The van der Waals surface area contributed by atoms with Crippen LogP contribution in [0.3, 0.4) is 0 Å². The number of fused-ring (bicyclic) bond motifs is 1. The van der Waals surface area contributed by atoms with Crippen LogP contribution in [0.15, 0.2) is 30.5 Å². The average Bonchev–Trinajstić information content (AvgIpc) is 3.16. The first-order valence-electron chi connectivity index (χ1n) is 10.1. The Morgan fingerprint density at radius 1 is 1.06 bits per heavy atom. The number of carbonyl (C=O) groups excluding carboxylic acids is 2. The van der Waals surface area contributed by atoms with Crippen LogP contribution in [0.2, 0.25) is 0 Å². The van der Waals surface area contributed by atoms with Crippen LogP contribution in [0.25, 0.3) is 10.9 Å². The summed E-state index contributed by atoms with van der Waals surface area (Å²) in [6.07, 6.45) is 3.51. The fourth-order valence-corrected chi connectivity index (χ4v) is 3.66. The largest absolute Gasteiger partial charge is 0.481 e. The lowest BCUT2D eigenvalue weighted by atomic mass is 10.0. The van der Waals surface area contributed by atoms with Gasteiger partial charge in [0, 0.05) is 29.9 Å². The number of H-pyrrole nitrogens is 1. The molecule has 0 radical (unpaired) electrons. The topological polar surface area (TPSA) is 175 Å². The molecular formula is C21H28N4O6S.